The zero-order valence-electron chi connectivity index (χ0n) is 17.9. The predicted molar refractivity (Wildman–Crippen MR) is 117 cm³/mol. The van der Waals surface area contributed by atoms with Crippen LogP contribution in [0.25, 0.3) is 0 Å². The molecule has 1 aliphatic carbocycles. The van der Waals surface area contributed by atoms with Gasteiger partial charge >= 0.3 is 0 Å². The number of carbonyl (C=O) groups is 2. The average Bonchev–Trinajstić information content (AvgIpc) is 3.21. The van der Waals surface area contributed by atoms with E-state index in [1.165, 1.54) is 13.3 Å². The van der Waals surface area contributed by atoms with Crippen LogP contribution < -0.4 is 20.1 Å². The lowest BCUT2D eigenvalue weighted by atomic mass is 9.77. The number of aromatic nitrogens is 1. The molecule has 2 N–H and O–H groups in total. The molecule has 2 amide bonds. The number of aryl methyl sites for hydroxylation is 1. The second-order valence-electron chi connectivity index (χ2n) is 8.49. The van der Waals surface area contributed by atoms with Gasteiger partial charge < -0.3 is 20.1 Å². The second-order valence-corrected chi connectivity index (χ2v) is 8.49. The number of anilines is 1. The molecule has 7 heteroatoms. The number of nitrogens with zero attached hydrogens (tertiary/aromatic N) is 1. The molecule has 2 aromatic rings. The molecule has 0 saturated heterocycles. The van der Waals surface area contributed by atoms with Crippen LogP contribution in [0.3, 0.4) is 0 Å². The zero-order chi connectivity index (χ0) is 21.7. The third kappa shape index (κ3) is 5.54. The molecule has 0 bridgehead atoms. The van der Waals surface area contributed by atoms with Crippen molar-refractivity contribution in [2.75, 3.05) is 12.1 Å². The van der Waals surface area contributed by atoms with Crippen molar-refractivity contribution in [3.05, 3.63) is 47.7 Å². The zero-order valence-corrected chi connectivity index (χ0v) is 17.9. The van der Waals surface area contributed by atoms with Gasteiger partial charge in [0.15, 0.2) is 11.5 Å². The van der Waals surface area contributed by atoms with E-state index in [-0.39, 0.29) is 24.1 Å². The molecule has 2 heterocycles. The molecule has 164 valence electrons. The second kappa shape index (κ2) is 9.37. The summed E-state index contributed by atoms with van der Waals surface area (Å²) in [7, 11) is 0. The lowest BCUT2D eigenvalue weighted by molar-refractivity contribution is -0.123. The molecule has 1 aromatic heterocycles. The lowest BCUT2D eigenvalue weighted by Crippen LogP contribution is -2.50. The fraction of sp³-hybridized carbons (Fsp3) is 0.458. The molecule has 4 rings (SSSR count). The van der Waals surface area contributed by atoms with Gasteiger partial charge in [-0.15, -0.1) is 0 Å². The summed E-state index contributed by atoms with van der Waals surface area (Å²) >= 11 is 0. The summed E-state index contributed by atoms with van der Waals surface area (Å²) in [5, 5.41) is 6.05. The van der Waals surface area contributed by atoms with Crippen LogP contribution in [0.1, 0.15) is 56.6 Å². The van der Waals surface area contributed by atoms with E-state index in [2.05, 4.69) is 15.6 Å². The van der Waals surface area contributed by atoms with Crippen LogP contribution in [0.15, 0.2) is 36.5 Å². The highest BCUT2D eigenvalue weighted by Crippen LogP contribution is 2.34. The van der Waals surface area contributed by atoms with Crippen LogP contribution in [-0.2, 0) is 22.4 Å². The van der Waals surface area contributed by atoms with E-state index in [4.69, 9.17) is 9.47 Å². The highest BCUT2D eigenvalue weighted by molar-refractivity contribution is 5.87. The van der Waals surface area contributed by atoms with Crippen LogP contribution in [0.5, 0.6) is 11.5 Å². The van der Waals surface area contributed by atoms with E-state index in [0.717, 1.165) is 55.4 Å². The normalized spacial score (nSPS) is 16.5. The molecule has 0 atom stereocenters. The minimum atomic E-state index is -0.179. The lowest BCUT2D eigenvalue weighted by Gasteiger charge is -2.38. The van der Waals surface area contributed by atoms with Gasteiger partial charge in [-0.2, -0.15) is 0 Å². The predicted octanol–water partition coefficient (Wildman–Crippen LogP) is 3.76. The third-order valence-corrected chi connectivity index (χ3v) is 6.04. The number of amides is 2. The first-order chi connectivity index (χ1) is 15.0. The molecule has 0 spiro atoms. The maximum Gasteiger partial charge on any atom is 0.231 e. The number of fused-ring (bicyclic) bond motifs is 1. The fourth-order valence-electron chi connectivity index (χ4n) is 4.45. The molecule has 31 heavy (non-hydrogen) atoms. The van der Waals surface area contributed by atoms with Crippen molar-refractivity contribution < 1.29 is 19.1 Å². The van der Waals surface area contributed by atoms with E-state index >= 15 is 0 Å². The summed E-state index contributed by atoms with van der Waals surface area (Å²) in [6, 6.07) is 9.48. The third-order valence-electron chi connectivity index (χ3n) is 6.04. The van der Waals surface area contributed by atoms with E-state index in [1.54, 1.807) is 6.20 Å². The molecule has 1 aromatic carbocycles. The van der Waals surface area contributed by atoms with E-state index in [1.807, 2.05) is 30.3 Å². The minimum absolute atomic E-state index is 0.0416. The van der Waals surface area contributed by atoms with Crippen molar-refractivity contribution in [3.8, 4) is 11.5 Å². The number of carbonyl (C=O) groups excluding carboxylic acids is 2. The van der Waals surface area contributed by atoms with Gasteiger partial charge in [0.05, 0.1) is 6.42 Å². The Morgan fingerprint density at radius 3 is 2.55 bits per heavy atom. The molecule has 0 unspecified atom stereocenters. The average molecular weight is 424 g/mol. The van der Waals surface area contributed by atoms with Gasteiger partial charge in [-0.3, -0.25) is 9.59 Å². The molecule has 7 nitrogen and oxygen atoms in total. The summed E-state index contributed by atoms with van der Waals surface area (Å²) < 4.78 is 10.8. The monoisotopic (exact) mass is 423 g/mol. The summed E-state index contributed by atoms with van der Waals surface area (Å²) in [6.45, 7) is 1.70. The highest BCUT2D eigenvalue weighted by Gasteiger charge is 2.33. The van der Waals surface area contributed by atoms with Crippen LogP contribution in [0.4, 0.5) is 5.82 Å². The molecule has 0 radical (unpaired) electrons. The molecule has 1 fully saturated rings. The van der Waals surface area contributed by atoms with Gasteiger partial charge in [0.25, 0.3) is 0 Å². The SMILES string of the molecule is CC(=O)Nc1ccc(CCC2(NC(=O)Cc3ccc4c(c3)OCO4)CCCCC2)cn1. The molecule has 1 saturated carbocycles. The Labute approximate surface area is 182 Å². The van der Waals surface area contributed by atoms with Crippen LogP contribution in [0, 0.1) is 0 Å². The smallest absolute Gasteiger partial charge is 0.231 e. The Morgan fingerprint density at radius 1 is 1.03 bits per heavy atom. The first kappa shape index (κ1) is 21.2. The van der Waals surface area contributed by atoms with Gasteiger partial charge in [-0.25, -0.2) is 4.98 Å². The van der Waals surface area contributed by atoms with Gasteiger partial charge in [0.2, 0.25) is 18.6 Å². The number of nitrogens with one attached hydrogen (secondary N) is 2. The molecule has 1 aliphatic heterocycles. The Kier molecular flexibility index (Phi) is 6.39. The Balaban J connectivity index is 1.37. The Bertz CT molecular complexity index is 936. The van der Waals surface area contributed by atoms with Gasteiger partial charge in [-0.05, 0) is 55.0 Å². The number of benzene rings is 1. The summed E-state index contributed by atoms with van der Waals surface area (Å²) in [5.41, 5.74) is 1.84. The number of hydrogen-bond donors (Lipinski definition) is 2. The van der Waals surface area contributed by atoms with Crippen molar-refractivity contribution >= 4 is 17.6 Å². The fourth-order valence-corrected chi connectivity index (χ4v) is 4.45. The summed E-state index contributed by atoms with van der Waals surface area (Å²) in [4.78, 5) is 28.4. The first-order valence-electron chi connectivity index (χ1n) is 10.9. The van der Waals surface area contributed by atoms with Crippen molar-refractivity contribution in [2.24, 2.45) is 0 Å². The van der Waals surface area contributed by atoms with E-state index < -0.39 is 0 Å². The maximum atomic E-state index is 12.9. The van der Waals surface area contributed by atoms with Crippen LogP contribution in [-0.4, -0.2) is 29.1 Å². The van der Waals surface area contributed by atoms with Gasteiger partial charge in [-0.1, -0.05) is 31.4 Å². The number of rotatable bonds is 7. The van der Waals surface area contributed by atoms with E-state index in [9.17, 15) is 9.59 Å². The standard InChI is InChI=1S/C24H29N3O4/c1-17(28)26-22-8-6-18(15-25-22)9-12-24(10-3-2-4-11-24)27-23(29)14-19-5-7-20-21(13-19)31-16-30-20/h5-8,13,15H,2-4,9-12,14,16H2,1H3,(H,27,29)(H,25,26,28). The largest absolute Gasteiger partial charge is 0.454 e. The molecular formula is C24H29N3O4. The number of pyridine rings is 1. The summed E-state index contributed by atoms with van der Waals surface area (Å²) in [6.07, 6.45) is 9.30. The quantitative estimate of drug-likeness (QED) is 0.708. The van der Waals surface area contributed by atoms with Gasteiger partial charge in [0.1, 0.15) is 5.82 Å². The number of hydrogen-bond acceptors (Lipinski definition) is 5. The van der Waals surface area contributed by atoms with Crippen LogP contribution in [0.2, 0.25) is 0 Å². The van der Waals surface area contributed by atoms with Crippen molar-refractivity contribution in [1.29, 1.82) is 0 Å². The Morgan fingerprint density at radius 2 is 1.81 bits per heavy atom. The van der Waals surface area contributed by atoms with Crippen molar-refractivity contribution in [2.45, 2.75) is 63.8 Å². The topological polar surface area (TPSA) is 89.6 Å². The summed E-state index contributed by atoms with van der Waals surface area (Å²) in [5.74, 6) is 1.89. The molecular weight excluding hydrogens is 394 g/mol. The van der Waals surface area contributed by atoms with E-state index in [0.29, 0.717) is 18.0 Å². The Hall–Kier alpha value is -3.09. The first-order valence-corrected chi connectivity index (χ1v) is 10.9. The van der Waals surface area contributed by atoms with Gasteiger partial charge in [0, 0.05) is 18.7 Å². The van der Waals surface area contributed by atoms with Crippen molar-refractivity contribution in [3.63, 3.8) is 0 Å². The maximum absolute atomic E-state index is 12.9. The highest BCUT2D eigenvalue weighted by atomic mass is 16.7. The molecule has 2 aliphatic rings. The van der Waals surface area contributed by atoms with Crippen molar-refractivity contribution in [1.82, 2.24) is 10.3 Å². The number of ether oxygens (including phenoxy) is 2. The van der Waals surface area contributed by atoms with Crippen LogP contribution >= 0.6 is 0 Å². The minimum Gasteiger partial charge on any atom is -0.454 e.